The second-order valence-electron chi connectivity index (χ2n) is 2.23. The average Bonchev–Trinajstić information content (AvgIpc) is 1.82. The van der Waals surface area contributed by atoms with E-state index < -0.39 is 0 Å². The average molecular weight is 130 g/mol. The fourth-order valence-corrected chi connectivity index (χ4v) is 0.651. The van der Waals surface area contributed by atoms with Crippen molar-refractivity contribution in [3.8, 4) is 0 Å². The van der Waals surface area contributed by atoms with Crippen LogP contribution in [-0.2, 0) is 4.89 Å². The Morgan fingerprint density at radius 2 is 2.33 bits per heavy atom. The molecule has 1 N–H and O–H groups in total. The lowest BCUT2D eigenvalue weighted by molar-refractivity contribution is -0.269. The van der Waals surface area contributed by atoms with E-state index in [1.165, 1.54) is 0 Å². The van der Waals surface area contributed by atoms with E-state index in [9.17, 15) is 0 Å². The highest BCUT2D eigenvalue weighted by molar-refractivity contribution is 4.96. The van der Waals surface area contributed by atoms with Crippen molar-refractivity contribution >= 4 is 0 Å². The molecule has 0 saturated carbocycles. The first-order valence-electron chi connectivity index (χ1n) is 3.18. The highest BCUT2D eigenvalue weighted by Crippen LogP contribution is 2.08. The quantitative estimate of drug-likeness (QED) is 0.359. The molecule has 2 nitrogen and oxygen atoms in total. The van der Waals surface area contributed by atoms with Gasteiger partial charge in [-0.25, -0.2) is 4.89 Å². The first-order valence-corrected chi connectivity index (χ1v) is 3.18. The van der Waals surface area contributed by atoms with Crippen LogP contribution < -0.4 is 0 Å². The van der Waals surface area contributed by atoms with Crippen LogP contribution in [0.2, 0.25) is 0 Å². The standard InChI is InChI=1S/C7H14O2/c1-4-5-7(9-8)6(2)3/h7-8H,2,4-5H2,1,3H3. The van der Waals surface area contributed by atoms with Gasteiger partial charge >= 0.3 is 0 Å². The lowest BCUT2D eigenvalue weighted by Crippen LogP contribution is -2.10. The molecule has 0 rings (SSSR count). The third-order valence-corrected chi connectivity index (χ3v) is 1.23. The van der Waals surface area contributed by atoms with E-state index in [2.05, 4.69) is 11.5 Å². The third kappa shape index (κ3) is 3.27. The molecular formula is C7H14O2. The highest BCUT2D eigenvalue weighted by atomic mass is 17.1. The summed E-state index contributed by atoms with van der Waals surface area (Å²) in [6.07, 6.45) is 1.67. The summed E-state index contributed by atoms with van der Waals surface area (Å²) in [5, 5.41) is 8.27. The maximum atomic E-state index is 8.27. The second-order valence-corrected chi connectivity index (χ2v) is 2.23. The number of hydrogen-bond acceptors (Lipinski definition) is 2. The van der Waals surface area contributed by atoms with Gasteiger partial charge in [-0.1, -0.05) is 19.9 Å². The molecule has 0 bridgehead atoms. The Bertz CT molecular complexity index is 88.9. The molecule has 0 aliphatic carbocycles. The van der Waals surface area contributed by atoms with Crippen LogP contribution in [0.4, 0.5) is 0 Å². The Labute approximate surface area is 56.1 Å². The van der Waals surface area contributed by atoms with Crippen LogP contribution in [-0.4, -0.2) is 11.4 Å². The predicted octanol–water partition coefficient (Wildman–Crippen LogP) is 2.22. The third-order valence-electron chi connectivity index (χ3n) is 1.23. The molecule has 0 aromatic rings. The Kier molecular flexibility index (Phi) is 4.36. The monoisotopic (exact) mass is 130 g/mol. The molecule has 9 heavy (non-hydrogen) atoms. The Morgan fingerprint density at radius 3 is 2.44 bits per heavy atom. The molecule has 0 aliphatic rings. The van der Waals surface area contributed by atoms with Gasteiger partial charge in [-0.05, 0) is 18.9 Å². The lowest BCUT2D eigenvalue weighted by atomic mass is 10.1. The van der Waals surface area contributed by atoms with Crippen molar-refractivity contribution in [3.63, 3.8) is 0 Å². The molecule has 0 heterocycles. The molecule has 0 amide bonds. The smallest absolute Gasteiger partial charge is 0.113 e. The molecule has 54 valence electrons. The molecule has 1 atom stereocenters. The zero-order chi connectivity index (χ0) is 7.28. The summed E-state index contributed by atoms with van der Waals surface area (Å²) >= 11 is 0. The van der Waals surface area contributed by atoms with Gasteiger partial charge in [-0.2, -0.15) is 0 Å². The molecule has 0 fully saturated rings. The number of hydrogen-bond donors (Lipinski definition) is 1. The van der Waals surface area contributed by atoms with Crippen LogP contribution in [0.15, 0.2) is 12.2 Å². The minimum absolute atomic E-state index is 0.171. The van der Waals surface area contributed by atoms with Crippen molar-refractivity contribution in [2.75, 3.05) is 0 Å². The van der Waals surface area contributed by atoms with E-state index >= 15 is 0 Å². The van der Waals surface area contributed by atoms with Gasteiger partial charge in [0.25, 0.3) is 0 Å². The van der Waals surface area contributed by atoms with Gasteiger partial charge in [0.15, 0.2) is 0 Å². The summed E-state index contributed by atoms with van der Waals surface area (Å²) in [4.78, 5) is 4.15. The Morgan fingerprint density at radius 1 is 1.78 bits per heavy atom. The topological polar surface area (TPSA) is 29.5 Å². The summed E-state index contributed by atoms with van der Waals surface area (Å²) in [5.74, 6) is 0. The van der Waals surface area contributed by atoms with E-state index in [4.69, 9.17) is 5.26 Å². The Hall–Kier alpha value is -0.340. The SMILES string of the molecule is C=C(C)C(CCC)OO. The largest absolute Gasteiger partial charge is 0.251 e. The minimum Gasteiger partial charge on any atom is -0.251 e. The van der Waals surface area contributed by atoms with Crippen LogP contribution in [0.3, 0.4) is 0 Å². The molecule has 0 aromatic heterocycles. The van der Waals surface area contributed by atoms with Gasteiger partial charge in [-0.15, -0.1) is 0 Å². The van der Waals surface area contributed by atoms with Gasteiger partial charge in [-0.3, -0.25) is 5.26 Å². The van der Waals surface area contributed by atoms with Crippen molar-refractivity contribution in [1.82, 2.24) is 0 Å². The van der Waals surface area contributed by atoms with Crippen LogP contribution >= 0.6 is 0 Å². The van der Waals surface area contributed by atoms with Gasteiger partial charge in [0.2, 0.25) is 0 Å². The maximum Gasteiger partial charge on any atom is 0.113 e. The normalized spacial score (nSPS) is 13.2. The molecule has 0 aromatic carbocycles. The summed E-state index contributed by atoms with van der Waals surface area (Å²) in [6, 6.07) is 0. The van der Waals surface area contributed by atoms with E-state index in [0.29, 0.717) is 0 Å². The fourth-order valence-electron chi connectivity index (χ4n) is 0.651. The van der Waals surface area contributed by atoms with Gasteiger partial charge in [0.05, 0.1) is 0 Å². The highest BCUT2D eigenvalue weighted by Gasteiger charge is 2.06. The van der Waals surface area contributed by atoms with E-state index in [-0.39, 0.29) is 6.10 Å². The molecule has 0 saturated heterocycles. The van der Waals surface area contributed by atoms with Crippen LogP contribution in [0.1, 0.15) is 26.7 Å². The van der Waals surface area contributed by atoms with Crippen molar-refractivity contribution in [2.24, 2.45) is 0 Å². The molecular weight excluding hydrogens is 116 g/mol. The maximum absolute atomic E-state index is 8.27. The first-order chi connectivity index (χ1) is 4.22. The molecule has 2 heteroatoms. The summed E-state index contributed by atoms with van der Waals surface area (Å²) in [6.45, 7) is 7.54. The molecule has 0 aliphatic heterocycles. The molecule has 0 radical (unpaired) electrons. The van der Waals surface area contributed by atoms with Crippen molar-refractivity contribution < 1.29 is 10.1 Å². The zero-order valence-corrected chi connectivity index (χ0v) is 6.05. The molecule has 1 unspecified atom stereocenters. The summed E-state index contributed by atoms with van der Waals surface area (Å²) < 4.78 is 0. The number of rotatable bonds is 4. The van der Waals surface area contributed by atoms with Gasteiger partial charge in [0.1, 0.15) is 6.10 Å². The predicted molar refractivity (Wildman–Crippen MR) is 37.2 cm³/mol. The Balaban J connectivity index is 3.54. The fraction of sp³-hybridized carbons (Fsp3) is 0.714. The molecule has 0 spiro atoms. The van der Waals surface area contributed by atoms with Crippen LogP contribution in [0.5, 0.6) is 0 Å². The van der Waals surface area contributed by atoms with E-state index in [0.717, 1.165) is 18.4 Å². The van der Waals surface area contributed by atoms with E-state index in [1.807, 2.05) is 13.8 Å². The van der Waals surface area contributed by atoms with Gasteiger partial charge < -0.3 is 0 Å². The van der Waals surface area contributed by atoms with Crippen LogP contribution in [0.25, 0.3) is 0 Å². The van der Waals surface area contributed by atoms with Crippen molar-refractivity contribution in [1.29, 1.82) is 0 Å². The van der Waals surface area contributed by atoms with Crippen molar-refractivity contribution in [2.45, 2.75) is 32.8 Å². The van der Waals surface area contributed by atoms with Crippen molar-refractivity contribution in [3.05, 3.63) is 12.2 Å². The van der Waals surface area contributed by atoms with Gasteiger partial charge in [0, 0.05) is 0 Å². The summed E-state index contributed by atoms with van der Waals surface area (Å²) in [5.41, 5.74) is 0.874. The first kappa shape index (κ1) is 8.66. The zero-order valence-electron chi connectivity index (χ0n) is 6.05. The van der Waals surface area contributed by atoms with Crippen LogP contribution in [0, 0.1) is 0 Å². The second kappa shape index (κ2) is 4.53. The van der Waals surface area contributed by atoms with E-state index in [1.54, 1.807) is 0 Å². The summed E-state index contributed by atoms with van der Waals surface area (Å²) in [7, 11) is 0. The lowest BCUT2D eigenvalue weighted by Gasteiger charge is -2.10. The minimum atomic E-state index is -0.171.